The Hall–Kier alpha value is -2.00. The van der Waals surface area contributed by atoms with Crippen molar-refractivity contribution in [1.82, 2.24) is 5.32 Å². The first-order chi connectivity index (χ1) is 11.0. The molecule has 0 saturated carbocycles. The predicted octanol–water partition coefficient (Wildman–Crippen LogP) is 4.78. The largest absolute Gasteiger partial charge is 0.352 e. The molecule has 1 amide bonds. The van der Waals surface area contributed by atoms with E-state index in [0.29, 0.717) is 12.1 Å². The number of thioether (sulfide) groups is 1. The van der Waals surface area contributed by atoms with Crippen LogP contribution in [0.4, 0.5) is 0 Å². The third kappa shape index (κ3) is 5.00. The topological polar surface area (TPSA) is 29.1 Å². The molecule has 1 unspecified atom stereocenters. The molecule has 0 bridgehead atoms. The number of amides is 1. The lowest BCUT2D eigenvalue weighted by Gasteiger charge is -2.30. The first-order valence-corrected chi connectivity index (χ1v) is 8.56. The summed E-state index contributed by atoms with van der Waals surface area (Å²) in [4.78, 5) is 12.9. The summed E-state index contributed by atoms with van der Waals surface area (Å²) in [6.07, 6.45) is 0.843. The van der Waals surface area contributed by atoms with Crippen molar-refractivity contribution in [3.8, 4) is 0 Å². The predicted molar refractivity (Wildman–Crippen MR) is 98.5 cm³/mol. The summed E-state index contributed by atoms with van der Waals surface area (Å²) in [5.41, 5.74) is 1.81. The van der Waals surface area contributed by atoms with Gasteiger partial charge in [-0.1, -0.05) is 55.1 Å². The molecule has 0 saturated heterocycles. The molecule has 0 radical (unpaired) electrons. The van der Waals surface area contributed by atoms with Gasteiger partial charge in [-0.2, -0.15) is 0 Å². The second-order valence-corrected chi connectivity index (χ2v) is 7.37. The molecule has 0 heterocycles. The van der Waals surface area contributed by atoms with Gasteiger partial charge in [-0.05, 0) is 38.0 Å². The fourth-order valence-electron chi connectivity index (χ4n) is 2.36. The standard InChI is InChI=1S/C20H23NOS/c1-16(2)19(22)21-15-14-20(3,17-10-6-4-7-11-17)23-18-12-8-5-9-13-18/h4-13H,1,14-15H2,2-3H3,(H,21,22). The minimum absolute atomic E-state index is 0.0786. The first-order valence-electron chi connectivity index (χ1n) is 7.74. The Labute approximate surface area is 143 Å². The maximum absolute atomic E-state index is 11.7. The normalized spacial score (nSPS) is 13.1. The van der Waals surface area contributed by atoms with Crippen LogP contribution in [0.1, 0.15) is 25.8 Å². The Bertz CT molecular complexity index is 654. The molecule has 1 N–H and O–H groups in total. The van der Waals surface area contributed by atoms with Gasteiger partial charge in [0.15, 0.2) is 0 Å². The number of hydrogen-bond acceptors (Lipinski definition) is 2. The average Bonchev–Trinajstić information content (AvgIpc) is 2.56. The van der Waals surface area contributed by atoms with Crippen LogP contribution in [0.2, 0.25) is 0 Å². The van der Waals surface area contributed by atoms with E-state index < -0.39 is 0 Å². The quantitative estimate of drug-likeness (QED) is 0.586. The van der Waals surface area contributed by atoms with Crippen molar-refractivity contribution in [1.29, 1.82) is 0 Å². The third-order valence-electron chi connectivity index (χ3n) is 3.75. The summed E-state index contributed by atoms with van der Waals surface area (Å²) in [7, 11) is 0. The first kappa shape index (κ1) is 17.4. The van der Waals surface area contributed by atoms with Gasteiger partial charge < -0.3 is 5.32 Å². The highest BCUT2D eigenvalue weighted by Crippen LogP contribution is 2.43. The lowest BCUT2D eigenvalue weighted by molar-refractivity contribution is -0.117. The molecule has 2 nitrogen and oxygen atoms in total. The summed E-state index contributed by atoms with van der Waals surface area (Å²) in [6, 6.07) is 20.8. The monoisotopic (exact) mass is 325 g/mol. The molecule has 0 aliphatic rings. The van der Waals surface area contributed by atoms with E-state index in [9.17, 15) is 4.79 Å². The third-order valence-corrected chi connectivity index (χ3v) is 5.14. The summed E-state index contributed by atoms with van der Waals surface area (Å²) >= 11 is 1.83. The molecule has 0 aliphatic heterocycles. The van der Waals surface area contributed by atoms with Crippen molar-refractivity contribution in [3.63, 3.8) is 0 Å². The van der Waals surface area contributed by atoms with Gasteiger partial charge in [-0.15, -0.1) is 11.8 Å². The van der Waals surface area contributed by atoms with Crippen molar-refractivity contribution in [2.75, 3.05) is 6.54 Å². The lowest BCUT2D eigenvalue weighted by atomic mass is 9.96. The molecule has 0 spiro atoms. The van der Waals surface area contributed by atoms with Gasteiger partial charge in [0, 0.05) is 21.8 Å². The van der Waals surface area contributed by atoms with E-state index in [2.05, 4.69) is 67.4 Å². The van der Waals surface area contributed by atoms with E-state index in [1.807, 2.05) is 23.9 Å². The van der Waals surface area contributed by atoms with E-state index in [1.54, 1.807) is 6.92 Å². The van der Waals surface area contributed by atoms with Crippen LogP contribution in [0, 0.1) is 0 Å². The maximum Gasteiger partial charge on any atom is 0.246 e. The highest BCUT2D eigenvalue weighted by Gasteiger charge is 2.27. The zero-order valence-corrected chi connectivity index (χ0v) is 14.5. The number of rotatable bonds is 7. The molecule has 2 aromatic carbocycles. The van der Waals surface area contributed by atoms with Crippen LogP contribution < -0.4 is 5.32 Å². The minimum Gasteiger partial charge on any atom is -0.352 e. The van der Waals surface area contributed by atoms with Gasteiger partial charge in [0.25, 0.3) is 0 Å². The van der Waals surface area contributed by atoms with Crippen LogP contribution in [-0.2, 0) is 9.54 Å². The van der Waals surface area contributed by atoms with E-state index >= 15 is 0 Å². The van der Waals surface area contributed by atoms with Gasteiger partial charge >= 0.3 is 0 Å². The van der Waals surface area contributed by atoms with Crippen LogP contribution in [0.3, 0.4) is 0 Å². The molecular formula is C20H23NOS. The van der Waals surface area contributed by atoms with Crippen LogP contribution in [-0.4, -0.2) is 12.5 Å². The van der Waals surface area contributed by atoms with Crippen LogP contribution in [0.5, 0.6) is 0 Å². The molecular weight excluding hydrogens is 302 g/mol. The molecule has 23 heavy (non-hydrogen) atoms. The van der Waals surface area contributed by atoms with Gasteiger partial charge in [0.05, 0.1) is 0 Å². The van der Waals surface area contributed by atoms with Crippen LogP contribution in [0.15, 0.2) is 77.7 Å². The Kier molecular flexibility index (Phi) is 6.05. The highest BCUT2D eigenvalue weighted by atomic mass is 32.2. The fraction of sp³-hybridized carbons (Fsp3) is 0.250. The van der Waals surface area contributed by atoms with Gasteiger partial charge in [0.2, 0.25) is 5.91 Å². The van der Waals surface area contributed by atoms with Gasteiger partial charge in [0.1, 0.15) is 0 Å². The van der Waals surface area contributed by atoms with Crippen molar-refractivity contribution in [3.05, 3.63) is 78.4 Å². The summed E-state index contributed by atoms with van der Waals surface area (Å²) in [6.45, 7) is 8.26. The highest BCUT2D eigenvalue weighted by molar-refractivity contribution is 8.00. The zero-order chi connectivity index (χ0) is 16.7. The van der Waals surface area contributed by atoms with Gasteiger partial charge in [-0.3, -0.25) is 4.79 Å². The Morgan fingerprint density at radius 3 is 2.22 bits per heavy atom. The average molecular weight is 325 g/mol. The molecule has 2 aromatic rings. The Morgan fingerprint density at radius 2 is 1.65 bits per heavy atom. The number of benzene rings is 2. The van der Waals surface area contributed by atoms with E-state index in [1.165, 1.54) is 10.5 Å². The zero-order valence-electron chi connectivity index (χ0n) is 13.7. The molecule has 3 heteroatoms. The van der Waals surface area contributed by atoms with Crippen molar-refractivity contribution >= 4 is 17.7 Å². The van der Waals surface area contributed by atoms with Crippen molar-refractivity contribution < 1.29 is 4.79 Å². The van der Waals surface area contributed by atoms with E-state index in [-0.39, 0.29) is 10.7 Å². The van der Waals surface area contributed by atoms with E-state index in [4.69, 9.17) is 0 Å². The maximum atomic E-state index is 11.7. The molecule has 0 fully saturated rings. The number of hydrogen-bond donors (Lipinski definition) is 1. The molecule has 2 rings (SSSR count). The minimum atomic E-state index is -0.106. The smallest absolute Gasteiger partial charge is 0.246 e. The van der Waals surface area contributed by atoms with Crippen LogP contribution >= 0.6 is 11.8 Å². The molecule has 0 aliphatic carbocycles. The summed E-state index contributed by atoms with van der Waals surface area (Å²) in [5, 5.41) is 2.94. The number of carbonyl (C=O) groups excluding carboxylic acids is 1. The van der Waals surface area contributed by atoms with Gasteiger partial charge in [-0.25, -0.2) is 0 Å². The summed E-state index contributed by atoms with van der Waals surface area (Å²) < 4.78 is -0.106. The van der Waals surface area contributed by atoms with Crippen molar-refractivity contribution in [2.45, 2.75) is 29.9 Å². The second-order valence-electron chi connectivity index (χ2n) is 5.80. The Morgan fingerprint density at radius 1 is 1.09 bits per heavy atom. The molecule has 120 valence electrons. The fourth-order valence-corrected chi connectivity index (χ4v) is 3.63. The Balaban J connectivity index is 2.15. The number of nitrogens with one attached hydrogen (secondary N) is 1. The SMILES string of the molecule is C=C(C)C(=O)NCCC(C)(Sc1ccccc1)c1ccccc1. The van der Waals surface area contributed by atoms with E-state index in [0.717, 1.165) is 6.42 Å². The van der Waals surface area contributed by atoms with Crippen LogP contribution in [0.25, 0.3) is 0 Å². The second kappa shape index (κ2) is 8.02. The number of carbonyl (C=O) groups is 1. The molecule has 1 atom stereocenters. The summed E-state index contributed by atoms with van der Waals surface area (Å²) in [5.74, 6) is -0.0786. The van der Waals surface area contributed by atoms with Crippen molar-refractivity contribution in [2.24, 2.45) is 0 Å². The molecule has 0 aromatic heterocycles. The lowest BCUT2D eigenvalue weighted by Crippen LogP contribution is -2.30.